The van der Waals surface area contributed by atoms with Crippen LogP contribution in [-0.4, -0.2) is 27.1 Å². The van der Waals surface area contributed by atoms with E-state index in [1.807, 2.05) is 5.38 Å². The summed E-state index contributed by atoms with van der Waals surface area (Å²) in [5, 5.41) is 1.86. The van der Waals surface area contributed by atoms with Gasteiger partial charge >= 0.3 is 0 Å². The number of ketones is 1. The average Bonchev–Trinajstić information content (AvgIpc) is 2.84. The number of hydrogen-bond donors (Lipinski definition) is 0. The van der Waals surface area contributed by atoms with Crippen LogP contribution in [0.2, 0.25) is 0 Å². The highest BCUT2D eigenvalue weighted by Crippen LogP contribution is 2.40. The molecule has 0 aliphatic heterocycles. The van der Waals surface area contributed by atoms with Gasteiger partial charge in [0.25, 0.3) is 0 Å². The maximum atomic E-state index is 12.6. The number of carbonyl (C=O) groups is 1. The summed E-state index contributed by atoms with van der Waals surface area (Å²) in [6.07, 6.45) is 0. The first kappa shape index (κ1) is 16.3. The van der Waals surface area contributed by atoms with Crippen LogP contribution >= 0.6 is 43.2 Å². The van der Waals surface area contributed by atoms with Gasteiger partial charge in [0, 0.05) is 15.4 Å². The average molecular weight is 436 g/mol. The van der Waals surface area contributed by atoms with E-state index in [1.54, 1.807) is 12.1 Å². The Kier molecular flexibility index (Phi) is 5.29. The second kappa shape index (κ2) is 6.81. The molecule has 21 heavy (non-hydrogen) atoms. The predicted octanol–water partition coefficient (Wildman–Crippen LogP) is 4.53. The second-order valence-corrected chi connectivity index (χ2v) is 6.50. The maximum absolute atomic E-state index is 12.6. The van der Waals surface area contributed by atoms with E-state index in [0.29, 0.717) is 27.7 Å². The first-order valence-electron chi connectivity index (χ1n) is 5.80. The van der Waals surface area contributed by atoms with Crippen LogP contribution in [0.25, 0.3) is 0 Å². The summed E-state index contributed by atoms with van der Waals surface area (Å²) >= 11 is 8.14. The third-order valence-electron chi connectivity index (χ3n) is 2.82. The fraction of sp³-hybridized carbons (Fsp3) is 0.214. The van der Waals surface area contributed by atoms with Gasteiger partial charge in [-0.25, -0.2) is 0 Å². The summed E-state index contributed by atoms with van der Waals surface area (Å²) in [5.41, 5.74) is 0.472. The summed E-state index contributed by atoms with van der Waals surface area (Å²) in [4.78, 5) is 13.2. The van der Waals surface area contributed by atoms with Gasteiger partial charge in [0.2, 0.25) is 11.5 Å². The zero-order chi connectivity index (χ0) is 15.6. The van der Waals surface area contributed by atoms with Crippen molar-refractivity contribution < 1.29 is 19.0 Å². The Bertz CT molecular complexity index is 657. The molecule has 0 atom stereocenters. The van der Waals surface area contributed by atoms with Gasteiger partial charge in [-0.2, -0.15) is 0 Å². The number of ether oxygens (including phenoxy) is 3. The predicted molar refractivity (Wildman–Crippen MR) is 89.2 cm³/mol. The van der Waals surface area contributed by atoms with Crippen LogP contribution in [0, 0.1) is 0 Å². The second-order valence-electron chi connectivity index (χ2n) is 3.97. The fourth-order valence-corrected chi connectivity index (χ4v) is 3.93. The monoisotopic (exact) mass is 434 g/mol. The zero-order valence-electron chi connectivity index (χ0n) is 11.5. The molecule has 0 saturated carbocycles. The molecule has 0 spiro atoms. The van der Waals surface area contributed by atoms with Crippen LogP contribution in [-0.2, 0) is 0 Å². The van der Waals surface area contributed by atoms with Crippen molar-refractivity contribution in [2.45, 2.75) is 0 Å². The molecule has 0 unspecified atom stereocenters. The maximum Gasteiger partial charge on any atom is 0.204 e. The lowest BCUT2D eigenvalue weighted by atomic mass is 10.1. The molecule has 0 fully saturated rings. The summed E-state index contributed by atoms with van der Waals surface area (Å²) in [7, 11) is 4.56. The lowest BCUT2D eigenvalue weighted by molar-refractivity contribution is 0.104. The molecule has 2 aromatic rings. The smallest absolute Gasteiger partial charge is 0.204 e. The standard InChI is InChI=1S/C14H12Br2O4S/c1-18-9-4-7(5-10(19-2)13(9)20-3)12(17)14-11(16)8(15)6-21-14/h4-6H,1-3H3. The summed E-state index contributed by atoms with van der Waals surface area (Å²) in [5.74, 6) is 1.25. The molecule has 2 rings (SSSR count). The Hall–Kier alpha value is -1.05. The zero-order valence-corrected chi connectivity index (χ0v) is 15.5. The number of halogens is 2. The Morgan fingerprint density at radius 1 is 1.05 bits per heavy atom. The number of rotatable bonds is 5. The van der Waals surface area contributed by atoms with Crippen molar-refractivity contribution in [3.05, 3.63) is 36.9 Å². The van der Waals surface area contributed by atoms with Gasteiger partial charge in [0.1, 0.15) is 0 Å². The van der Waals surface area contributed by atoms with Crippen molar-refractivity contribution in [1.82, 2.24) is 0 Å². The van der Waals surface area contributed by atoms with Crippen molar-refractivity contribution in [3.63, 3.8) is 0 Å². The van der Waals surface area contributed by atoms with Gasteiger partial charge in [0.05, 0.1) is 30.7 Å². The Labute approximate surface area is 143 Å². The molecule has 0 N–H and O–H groups in total. The van der Waals surface area contributed by atoms with E-state index in [2.05, 4.69) is 31.9 Å². The molecule has 0 radical (unpaired) electrons. The molecule has 1 aromatic carbocycles. The van der Waals surface area contributed by atoms with Gasteiger partial charge in [-0.3, -0.25) is 4.79 Å². The fourth-order valence-electron chi connectivity index (χ4n) is 1.82. The Morgan fingerprint density at radius 3 is 2.00 bits per heavy atom. The SMILES string of the molecule is COc1cc(C(=O)c2scc(Br)c2Br)cc(OC)c1OC. The van der Waals surface area contributed by atoms with Gasteiger partial charge in [-0.1, -0.05) is 0 Å². The molecule has 0 saturated heterocycles. The highest BCUT2D eigenvalue weighted by molar-refractivity contribution is 9.13. The van der Waals surface area contributed by atoms with Crippen molar-refractivity contribution in [3.8, 4) is 17.2 Å². The van der Waals surface area contributed by atoms with Crippen LogP contribution in [0.4, 0.5) is 0 Å². The van der Waals surface area contributed by atoms with Crippen LogP contribution in [0.3, 0.4) is 0 Å². The van der Waals surface area contributed by atoms with E-state index in [9.17, 15) is 4.79 Å². The molecule has 1 aromatic heterocycles. The van der Waals surface area contributed by atoms with Gasteiger partial charge in [-0.15, -0.1) is 11.3 Å². The molecular formula is C14H12Br2O4S. The molecule has 112 valence electrons. The number of methoxy groups -OCH3 is 3. The van der Waals surface area contributed by atoms with Gasteiger partial charge in [0.15, 0.2) is 11.5 Å². The van der Waals surface area contributed by atoms with E-state index < -0.39 is 0 Å². The minimum absolute atomic E-state index is 0.114. The minimum atomic E-state index is -0.114. The Morgan fingerprint density at radius 2 is 1.62 bits per heavy atom. The third kappa shape index (κ3) is 3.09. The molecular weight excluding hydrogens is 424 g/mol. The summed E-state index contributed by atoms with van der Waals surface area (Å²) < 4.78 is 17.4. The normalized spacial score (nSPS) is 10.3. The van der Waals surface area contributed by atoms with Crippen LogP contribution in [0.15, 0.2) is 26.5 Å². The van der Waals surface area contributed by atoms with E-state index in [1.165, 1.54) is 32.7 Å². The van der Waals surface area contributed by atoms with E-state index in [-0.39, 0.29) is 5.78 Å². The molecule has 0 bridgehead atoms. The summed E-state index contributed by atoms with van der Waals surface area (Å²) in [6.45, 7) is 0. The lowest BCUT2D eigenvalue weighted by Gasteiger charge is -2.13. The number of hydrogen-bond acceptors (Lipinski definition) is 5. The van der Waals surface area contributed by atoms with Crippen LogP contribution in [0.5, 0.6) is 17.2 Å². The van der Waals surface area contributed by atoms with Crippen molar-refractivity contribution in [2.24, 2.45) is 0 Å². The van der Waals surface area contributed by atoms with Gasteiger partial charge < -0.3 is 14.2 Å². The van der Waals surface area contributed by atoms with Crippen molar-refractivity contribution in [1.29, 1.82) is 0 Å². The number of benzene rings is 1. The summed E-state index contributed by atoms with van der Waals surface area (Å²) in [6, 6.07) is 3.29. The molecule has 4 nitrogen and oxygen atoms in total. The minimum Gasteiger partial charge on any atom is -0.493 e. The van der Waals surface area contributed by atoms with Crippen LogP contribution in [0.1, 0.15) is 15.2 Å². The van der Waals surface area contributed by atoms with E-state index in [4.69, 9.17) is 14.2 Å². The quantitative estimate of drug-likeness (QED) is 0.647. The largest absolute Gasteiger partial charge is 0.493 e. The topological polar surface area (TPSA) is 44.8 Å². The van der Waals surface area contributed by atoms with Crippen molar-refractivity contribution >= 4 is 49.0 Å². The molecule has 0 amide bonds. The highest BCUT2D eigenvalue weighted by atomic mass is 79.9. The van der Waals surface area contributed by atoms with Gasteiger partial charge in [-0.05, 0) is 44.0 Å². The van der Waals surface area contributed by atoms with Crippen LogP contribution < -0.4 is 14.2 Å². The first-order valence-corrected chi connectivity index (χ1v) is 8.27. The van der Waals surface area contributed by atoms with E-state index in [0.717, 1.165) is 8.95 Å². The first-order chi connectivity index (χ1) is 10.0. The lowest BCUT2D eigenvalue weighted by Crippen LogP contribution is -2.03. The van der Waals surface area contributed by atoms with Crippen molar-refractivity contribution in [2.75, 3.05) is 21.3 Å². The number of thiophene rings is 1. The third-order valence-corrected chi connectivity index (χ3v) is 6.35. The number of carbonyl (C=O) groups excluding carboxylic acids is 1. The molecule has 1 heterocycles. The Balaban J connectivity index is 2.54. The molecule has 7 heteroatoms. The molecule has 0 aliphatic rings. The van der Waals surface area contributed by atoms with E-state index >= 15 is 0 Å². The molecule has 0 aliphatic carbocycles. The highest BCUT2D eigenvalue weighted by Gasteiger charge is 2.21.